The molecule has 0 unspecified atom stereocenters. The Hall–Kier alpha value is -1.42. The molecule has 1 saturated heterocycles. The van der Waals surface area contributed by atoms with Gasteiger partial charge in [-0.15, -0.1) is 0 Å². The molecule has 1 fully saturated rings. The van der Waals surface area contributed by atoms with Crippen LogP contribution in [0.4, 0.5) is 4.39 Å². The van der Waals surface area contributed by atoms with Gasteiger partial charge in [-0.1, -0.05) is 32.4 Å². The van der Waals surface area contributed by atoms with E-state index in [9.17, 15) is 14.3 Å². The highest BCUT2D eigenvalue weighted by atomic mass is 19.1. The molecular formula is C16H24FNO2. The normalized spacial score (nSPS) is 17.1. The third kappa shape index (κ3) is 5.29. The average Bonchev–Trinajstić information content (AvgIpc) is 2.43. The molecule has 2 rings (SSSR count). The zero-order valence-corrected chi connectivity index (χ0v) is 12.3. The number of amides is 1. The van der Waals surface area contributed by atoms with Crippen molar-refractivity contribution in [3.8, 4) is 0 Å². The Balaban J connectivity index is 0.000000612. The van der Waals surface area contributed by atoms with Gasteiger partial charge in [0.1, 0.15) is 5.82 Å². The Kier molecular flexibility index (Phi) is 6.65. The molecule has 0 atom stereocenters. The molecule has 1 aromatic carbocycles. The van der Waals surface area contributed by atoms with E-state index < -0.39 is 5.60 Å². The summed E-state index contributed by atoms with van der Waals surface area (Å²) in [6.07, 6.45) is 3.73. The van der Waals surface area contributed by atoms with Gasteiger partial charge in [0.25, 0.3) is 0 Å². The molecule has 0 aromatic heterocycles. The van der Waals surface area contributed by atoms with Gasteiger partial charge in [-0.2, -0.15) is 0 Å². The van der Waals surface area contributed by atoms with Crippen LogP contribution in [0.15, 0.2) is 24.3 Å². The Labute approximate surface area is 120 Å². The van der Waals surface area contributed by atoms with E-state index in [1.54, 1.807) is 17.0 Å². The lowest BCUT2D eigenvalue weighted by atomic mass is 9.85. The number of carbonyl (C=O) groups excluding carboxylic acids is 1. The van der Waals surface area contributed by atoms with Crippen molar-refractivity contribution in [2.45, 2.75) is 45.1 Å². The minimum absolute atomic E-state index is 0.267. The number of benzene rings is 1. The zero-order valence-electron chi connectivity index (χ0n) is 12.3. The first-order chi connectivity index (χ1) is 9.53. The van der Waals surface area contributed by atoms with Crippen LogP contribution in [0.5, 0.6) is 0 Å². The molecule has 0 bridgehead atoms. The molecule has 0 radical (unpaired) electrons. The molecule has 1 aliphatic heterocycles. The van der Waals surface area contributed by atoms with Crippen LogP contribution in [0.2, 0.25) is 0 Å². The number of aliphatic hydroxyl groups is 1. The first kappa shape index (κ1) is 16.6. The number of carbonyl (C=O) groups is 1. The number of hydrogen-bond acceptors (Lipinski definition) is 2. The van der Waals surface area contributed by atoms with E-state index in [4.69, 9.17) is 0 Å². The molecule has 3 nitrogen and oxygen atoms in total. The molecule has 1 N–H and O–H groups in total. The summed E-state index contributed by atoms with van der Waals surface area (Å²) in [4.78, 5) is 12.2. The van der Waals surface area contributed by atoms with Gasteiger partial charge >= 0.3 is 0 Å². The number of halogens is 1. The lowest BCUT2D eigenvalue weighted by molar-refractivity contribution is -0.122. The van der Waals surface area contributed by atoms with E-state index in [1.165, 1.54) is 18.6 Å². The lowest BCUT2D eigenvalue weighted by Gasteiger charge is -2.36. The fourth-order valence-electron chi connectivity index (χ4n) is 2.20. The molecule has 0 aliphatic carbocycles. The van der Waals surface area contributed by atoms with Crippen molar-refractivity contribution in [1.82, 2.24) is 4.90 Å². The van der Waals surface area contributed by atoms with Crippen molar-refractivity contribution < 1.29 is 14.3 Å². The van der Waals surface area contributed by atoms with Gasteiger partial charge in [0.05, 0.1) is 5.60 Å². The molecule has 4 heteroatoms. The van der Waals surface area contributed by atoms with E-state index in [2.05, 4.69) is 13.8 Å². The summed E-state index contributed by atoms with van der Waals surface area (Å²) >= 11 is 0. The molecule has 0 saturated carbocycles. The average molecular weight is 281 g/mol. The molecule has 1 aliphatic rings. The van der Waals surface area contributed by atoms with Crippen molar-refractivity contribution in [1.29, 1.82) is 0 Å². The van der Waals surface area contributed by atoms with Gasteiger partial charge in [0.15, 0.2) is 0 Å². The van der Waals surface area contributed by atoms with Crippen molar-refractivity contribution >= 4 is 6.41 Å². The second-order valence-electron chi connectivity index (χ2n) is 5.38. The number of piperidine rings is 1. The first-order valence-corrected chi connectivity index (χ1v) is 7.19. The number of rotatable bonds is 3. The van der Waals surface area contributed by atoms with Crippen LogP contribution < -0.4 is 0 Å². The van der Waals surface area contributed by atoms with Crippen molar-refractivity contribution in [2.75, 3.05) is 13.1 Å². The van der Waals surface area contributed by atoms with Gasteiger partial charge in [-0.25, -0.2) is 4.39 Å². The lowest BCUT2D eigenvalue weighted by Crippen LogP contribution is -2.45. The van der Waals surface area contributed by atoms with E-state index >= 15 is 0 Å². The third-order valence-corrected chi connectivity index (χ3v) is 3.32. The predicted molar refractivity (Wildman–Crippen MR) is 77.9 cm³/mol. The summed E-state index contributed by atoms with van der Waals surface area (Å²) in [6, 6.07) is 6.19. The summed E-state index contributed by atoms with van der Waals surface area (Å²) in [7, 11) is 0. The minimum Gasteiger partial charge on any atom is -0.389 e. The molecule has 20 heavy (non-hydrogen) atoms. The Bertz CT molecular complexity index is 397. The molecule has 0 spiro atoms. The van der Waals surface area contributed by atoms with Gasteiger partial charge in [-0.3, -0.25) is 4.79 Å². The predicted octanol–water partition coefficient (Wildman–Crippen LogP) is 2.77. The van der Waals surface area contributed by atoms with E-state index in [0.29, 0.717) is 32.4 Å². The topological polar surface area (TPSA) is 40.5 Å². The van der Waals surface area contributed by atoms with Crippen LogP contribution in [0.3, 0.4) is 0 Å². The monoisotopic (exact) mass is 281 g/mol. The SMILES string of the molecule is CCC.O=CN1CCC(O)(Cc2ccc(F)cc2)CC1. The Morgan fingerprint density at radius 2 is 1.75 bits per heavy atom. The van der Waals surface area contributed by atoms with Gasteiger partial charge in [0, 0.05) is 19.5 Å². The number of nitrogens with zero attached hydrogens (tertiary/aromatic N) is 1. The minimum atomic E-state index is -0.767. The van der Waals surface area contributed by atoms with Crippen molar-refractivity contribution in [3.63, 3.8) is 0 Å². The van der Waals surface area contributed by atoms with Crippen LogP contribution in [0.1, 0.15) is 38.7 Å². The maximum atomic E-state index is 12.7. The number of hydrogen-bond donors (Lipinski definition) is 1. The molecule has 112 valence electrons. The fraction of sp³-hybridized carbons (Fsp3) is 0.562. The Morgan fingerprint density at radius 3 is 2.20 bits per heavy atom. The fourth-order valence-corrected chi connectivity index (χ4v) is 2.20. The second-order valence-corrected chi connectivity index (χ2v) is 5.38. The summed E-state index contributed by atoms with van der Waals surface area (Å²) in [6.45, 7) is 5.42. The largest absolute Gasteiger partial charge is 0.389 e. The Morgan fingerprint density at radius 1 is 1.25 bits per heavy atom. The van der Waals surface area contributed by atoms with Crippen LogP contribution in [0, 0.1) is 5.82 Å². The highest BCUT2D eigenvalue weighted by Crippen LogP contribution is 2.25. The second kappa shape index (κ2) is 8.00. The first-order valence-electron chi connectivity index (χ1n) is 7.19. The summed E-state index contributed by atoms with van der Waals surface area (Å²) in [5, 5.41) is 10.4. The van der Waals surface area contributed by atoms with E-state index in [-0.39, 0.29) is 5.82 Å². The van der Waals surface area contributed by atoms with Gasteiger partial charge in [0.2, 0.25) is 6.41 Å². The van der Waals surface area contributed by atoms with Gasteiger partial charge < -0.3 is 10.0 Å². The van der Waals surface area contributed by atoms with Gasteiger partial charge in [-0.05, 0) is 30.5 Å². The summed E-state index contributed by atoms with van der Waals surface area (Å²) < 4.78 is 12.7. The van der Waals surface area contributed by atoms with Crippen molar-refractivity contribution in [2.24, 2.45) is 0 Å². The van der Waals surface area contributed by atoms with E-state index in [0.717, 1.165) is 12.0 Å². The van der Waals surface area contributed by atoms with Crippen LogP contribution >= 0.6 is 0 Å². The summed E-state index contributed by atoms with van der Waals surface area (Å²) in [5.74, 6) is -0.267. The standard InChI is InChI=1S/C13H16FNO2.C3H8/c14-12-3-1-11(2-4-12)9-13(17)5-7-15(10-16)8-6-13;1-3-2/h1-4,10,17H,5-9H2;3H2,1-2H3. The quantitative estimate of drug-likeness (QED) is 0.865. The molecule has 1 amide bonds. The summed E-state index contributed by atoms with van der Waals surface area (Å²) in [5.41, 5.74) is 0.158. The zero-order chi connectivity index (χ0) is 15.0. The smallest absolute Gasteiger partial charge is 0.209 e. The maximum absolute atomic E-state index is 12.7. The van der Waals surface area contributed by atoms with Crippen LogP contribution in [-0.2, 0) is 11.2 Å². The van der Waals surface area contributed by atoms with Crippen molar-refractivity contribution in [3.05, 3.63) is 35.6 Å². The third-order valence-electron chi connectivity index (χ3n) is 3.32. The molecule has 1 aromatic rings. The molecular weight excluding hydrogens is 257 g/mol. The highest BCUT2D eigenvalue weighted by Gasteiger charge is 2.31. The highest BCUT2D eigenvalue weighted by molar-refractivity contribution is 5.47. The molecule has 1 heterocycles. The van der Waals surface area contributed by atoms with Crippen LogP contribution in [0.25, 0.3) is 0 Å². The van der Waals surface area contributed by atoms with E-state index in [1.807, 2.05) is 0 Å². The van der Waals surface area contributed by atoms with Crippen LogP contribution in [-0.4, -0.2) is 35.1 Å². The maximum Gasteiger partial charge on any atom is 0.209 e. The number of likely N-dealkylation sites (tertiary alicyclic amines) is 1.